The maximum absolute atomic E-state index is 13.2. The molecule has 0 saturated carbocycles. The van der Waals surface area contributed by atoms with E-state index >= 15 is 0 Å². The molecular weight excluding hydrogens is 387 g/mol. The van der Waals surface area contributed by atoms with E-state index < -0.39 is 5.91 Å². The molecular formula is C20H12ClFN2O2S. The first-order valence-corrected chi connectivity index (χ1v) is 9.19. The van der Waals surface area contributed by atoms with E-state index in [9.17, 15) is 14.0 Å². The van der Waals surface area contributed by atoms with Gasteiger partial charge in [-0.25, -0.2) is 9.29 Å². The fourth-order valence-corrected chi connectivity index (χ4v) is 3.80. The molecule has 0 spiro atoms. The minimum absolute atomic E-state index is 0.307. The average Bonchev–Trinajstić information content (AvgIpc) is 3.20. The number of hydrogen-bond donors (Lipinski definition) is 0. The number of rotatable bonds is 3. The standard InChI is InChI=1S/C20H12ClFN2O2S/c21-13-3-1-4-17(11-13)24-19(25)18(27-20(24)26)12-16-5-2-10-23(16)15-8-6-14(22)7-9-15/h1-12H/b18-12+. The zero-order valence-corrected chi connectivity index (χ0v) is 15.4. The van der Waals surface area contributed by atoms with Gasteiger partial charge in [0.25, 0.3) is 11.1 Å². The fraction of sp³-hybridized carbons (Fsp3) is 0. The van der Waals surface area contributed by atoms with Crippen molar-refractivity contribution in [3.63, 3.8) is 0 Å². The Hall–Kier alpha value is -2.83. The largest absolute Gasteiger partial charge is 0.317 e. The predicted octanol–water partition coefficient (Wildman–Crippen LogP) is 5.51. The van der Waals surface area contributed by atoms with Gasteiger partial charge in [0, 0.05) is 22.6 Å². The summed E-state index contributed by atoms with van der Waals surface area (Å²) in [6, 6.07) is 16.2. The molecule has 0 bridgehead atoms. The third-order valence-electron chi connectivity index (χ3n) is 4.02. The van der Waals surface area contributed by atoms with Crippen molar-refractivity contribution >= 4 is 46.3 Å². The number of halogens is 2. The summed E-state index contributed by atoms with van der Waals surface area (Å²) in [4.78, 5) is 26.5. The molecule has 2 aromatic carbocycles. The molecule has 1 fully saturated rings. The quantitative estimate of drug-likeness (QED) is 0.546. The van der Waals surface area contributed by atoms with Gasteiger partial charge in [0.2, 0.25) is 0 Å². The molecule has 1 aromatic heterocycles. The van der Waals surface area contributed by atoms with Crippen LogP contribution in [0.1, 0.15) is 5.69 Å². The van der Waals surface area contributed by atoms with Crippen LogP contribution >= 0.6 is 23.4 Å². The van der Waals surface area contributed by atoms with Crippen molar-refractivity contribution in [2.45, 2.75) is 0 Å². The lowest BCUT2D eigenvalue weighted by atomic mass is 10.2. The van der Waals surface area contributed by atoms with Gasteiger partial charge in [-0.3, -0.25) is 9.59 Å². The Balaban J connectivity index is 1.68. The van der Waals surface area contributed by atoms with Crippen molar-refractivity contribution in [3.8, 4) is 5.69 Å². The van der Waals surface area contributed by atoms with Crippen LogP contribution in [0, 0.1) is 5.82 Å². The van der Waals surface area contributed by atoms with E-state index in [1.54, 1.807) is 48.7 Å². The fourth-order valence-electron chi connectivity index (χ4n) is 2.79. The Bertz CT molecular complexity index is 1080. The number of anilines is 1. The first-order valence-electron chi connectivity index (χ1n) is 8.00. The second kappa shape index (κ2) is 7.06. The van der Waals surface area contributed by atoms with E-state index in [4.69, 9.17) is 11.6 Å². The molecule has 7 heteroatoms. The van der Waals surface area contributed by atoms with Crippen molar-refractivity contribution in [2.75, 3.05) is 4.90 Å². The Kier molecular flexibility index (Phi) is 4.59. The Morgan fingerprint density at radius 2 is 1.74 bits per heavy atom. The van der Waals surface area contributed by atoms with Crippen molar-refractivity contribution in [1.82, 2.24) is 4.57 Å². The number of hydrogen-bond acceptors (Lipinski definition) is 3. The monoisotopic (exact) mass is 398 g/mol. The third kappa shape index (κ3) is 3.41. The van der Waals surface area contributed by atoms with Gasteiger partial charge in [-0.2, -0.15) is 0 Å². The molecule has 0 N–H and O–H groups in total. The molecule has 134 valence electrons. The third-order valence-corrected chi connectivity index (χ3v) is 5.13. The van der Waals surface area contributed by atoms with Crippen LogP contribution in [0.15, 0.2) is 71.8 Å². The summed E-state index contributed by atoms with van der Waals surface area (Å²) in [6.45, 7) is 0. The zero-order valence-electron chi connectivity index (χ0n) is 13.8. The molecule has 0 atom stereocenters. The summed E-state index contributed by atoms with van der Waals surface area (Å²) >= 11 is 6.84. The van der Waals surface area contributed by atoms with Gasteiger partial charge < -0.3 is 4.57 Å². The second-order valence-electron chi connectivity index (χ2n) is 5.78. The van der Waals surface area contributed by atoms with Crippen LogP contribution < -0.4 is 4.90 Å². The molecule has 0 aliphatic carbocycles. The smallest absolute Gasteiger partial charge is 0.298 e. The van der Waals surface area contributed by atoms with Crippen LogP contribution in [0.4, 0.5) is 14.9 Å². The van der Waals surface area contributed by atoms with Crippen LogP contribution in [0.2, 0.25) is 5.02 Å². The first-order chi connectivity index (χ1) is 13.0. The minimum Gasteiger partial charge on any atom is -0.317 e. The number of thioether (sulfide) groups is 1. The lowest BCUT2D eigenvalue weighted by molar-refractivity contribution is -0.113. The van der Waals surface area contributed by atoms with Gasteiger partial charge in [-0.15, -0.1) is 0 Å². The van der Waals surface area contributed by atoms with Gasteiger partial charge in [0.1, 0.15) is 5.82 Å². The maximum atomic E-state index is 13.2. The van der Waals surface area contributed by atoms with E-state index in [-0.39, 0.29) is 11.1 Å². The van der Waals surface area contributed by atoms with Crippen LogP contribution in [-0.4, -0.2) is 15.7 Å². The van der Waals surface area contributed by atoms with E-state index in [0.29, 0.717) is 21.3 Å². The van der Waals surface area contributed by atoms with E-state index in [1.807, 2.05) is 16.7 Å². The highest BCUT2D eigenvalue weighted by Crippen LogP contribution is 2.36. The number of aromatic nitrogens is 1. The van der Waals surface area contributed by atoms with E-state index in [2.05, 4.69) is 0 Å². The summed E-state index contributed by atoms with van der Waals surface area (Å²) in [6.07, 6.45) is 3.46. The zero-order chi connectivity index (χ0) is 19.0. The highest BCUT2D eigenvalue weighted by Gasteiger charge is 2.36. The molecule has 0 unspecified atom stereocenters. The number of carbonyl (C=O) groups is 2. The molecule has 0 radical (unpaired) electrons. The Morgan fingerprint density at radius 3 is 2.48 bits per heavy atom. The van der Waals surface area contributed by atoms with Crippen molar-refractivity contribution in [1.29, 1.82) is 0 Å². The Labute approximate surface area is 163 Å². The summed E-state index contributed by atoms with van der Waals surface area (Å²) in [5, 5.41) is 0.0640. The number of carbonyl (C=O) groups excluding carboxylic acids is 2. The molecule has 4 nitrogen and oxygen atoms in total. The van der Waals surface area contributed by atoms with Crippen LogP contribution in [-0.2, 0) is 4.79 Å². The maximum Gasteiger partial charge on any atom is 0.298 e. The van der Waals surface area contributed by atoms with Gasteiger partial charge >= 0.3 is 0 Å². The highest BCUT2D eigenvalue weighted by atomic mass is 35.5. The number of benzene rings is 2. The summed E-state index contributed by atoms with van der Waals surface area (Å²) in [7, 11) is 0. The van der Waals surface area contributed by atoms with Crippen molar-refractivity contribution in [2.24, 2.45) is 0 Å². The predicted molar refractivity (Wildman–Crippen MR) is 106 cm³/mol. The normalized spacial score (nSPS) is 15.8. The van der Waals surface area contributed by atoms with Gasteiger partial charge in [-0.05, 0) is 72.4 Å². The SMILES string of the molecule is O=C1S/C(=C/c2cccn2-c2ccc(F)cc2)C(=O)N1c1cccc(Cl)c1. The molecule has 2 amide bonds. The first kappa shape index (κ1) is 17.6. The van der Waals surface area contributed by atoms with E-state index in [1.165, 1.54) is 12.1 Å². The van der Waals surface area contributed by atoms with Crippen molar-refractivity contribution < 1.29 is 14.0 Å². The summed E-state index contributed by atoms with van der Waals surface area (Å²) in [5.41, 5.74) is 1.89. The van der Waals surface area contributed by atoms with Gasteiger partial charge in [0.15, 0.2) is 0 Å². The summed E-state index contributed by atoms with van der Waals surface area (Å²) < 4.78 is 15.0. The average molecular weight is 399 g/mol. The van der Waals surface area contributed by atoms with Crippen LogP contribution in [0.3, 0.4) is 0 Å². The number of amides is 2. The number of imide groups is 1. The summed E-state index contributed by atoms with van der Waals surface area (Å²) in [5.74, 6) is -0.728. The van der Waals surface area contributed by atoms with Crippen LogP contribution in [0.25, 0.3) is 11.8 Å². The lowest BCUT2D eigenvalue weighted by Crippen LogP contribution is -2.27. The molecule has 1 aliphatic heterocycles. The lowest BCUT2D eigenvalue weighted by Gasteiger charge is -2.12. The van der Waals surface area contributed by atoms with Gasteiger partial charge in [0.05, 0.1) is 10.6 Å². The van der Waals surface area contributed by atoms with E-state index in [0.717, 1.165) is 22.3 Å². The molecule has 27 heavy (non-hydrogen) atoms. The number of nitrogens with zero attached hydrogens (tertiary/aromatic N) is 2. The minimum atomic E-state index is -0.404. The highest BCUT2D eigenvalue weighted by molar-refractivity contribution is 8.19. The molecule has 1 saturated heterocycles. The molecule has 2 heterocycles. The topological polar surface area (TPSA) is 42.3 Å². The van der Waals surface area contributed by atoms with Crippen molar-refractivity contribution in [3.05, 3.63) is 88.3 Å². The molecule has 1 aliphatic rings. The Morgan fingerprint density at radius 1 is 0.963 bits per heavy atom. The van der Waals surface area contributed by atoms with Gasteiger partial charge in [-0.1, -0.05) is 17.7 Å². The molecule has 3 aromatic rings. The molecule has 4 rings (SSSR count). The second-order valence-corrected chi connectivity index (χ2v) is 7.21. The van der Waals surface area contributed by atoms with Crippen LogP contribution in [0.5, 0.6) is 0 Å².